The fraction of sp³-hybridized carbons (Fsp3) is 0.727. The molecule has 1 heterocycles. The molecular formula is C11H19N5O3S. The van der Waals surface area contributed by atoms with Crippen molar-refractivity contribution in [3.63, 3.8) is 0 Å². The fourth-order valence-corrected chi connectivity index (χ4v) is 2.46. The zero-order chi connectivity index (χ0) is 15.0. The Bertz CT molecular complexity index is 447. The summed E-state index contributed by atoms with van der Waals surface area (Å²) >= 11 is 1.36. The average Bonchev–Trinajstić information content (AvgIpc) is 2.82. The zero-order valence-electron chi connectivity index (χ0n) is 11.7. The molecule has 0 atom stereocenters. The van der Waals surface area contributed by atoms with Crippen LogP contribution in [0.3, 0.4) is 0 Å². The fourth-order valence-electron chi connectivity index (χ4n) is 1.65. The van der Waals surface area contributed by atoms with E-state index in [9.17, 15) is 9.59 Å². The second kappa shape index (κ2) is 8.51. The van der Waals surface area contributed by atoms with Gasteiger partial charge in [-0.25, -0.2) is 4.68 Å². The van der Waals surface area contributed by atoms with Crippen LogP contribution >= 0.6 is 11.8 Å². The lowest BCUT2D eigenvalue weighted by atomic mass is 10.3. The van der Waals surface area contributed by atoms with Crippen LogP contribution in [0.15, 0.2) is 5.16 Å². The SMILES string of the molecule is CCN(CC)C(=O)CCCSc1nnnn1CC(=O)O. The van der Waals surface area contributed by atoms with Crippen molar-refractivity contribution in [2.45, 2.75) is 38.4 Å². The minimum atomic E-state index is -0.990. The minimum absolute atomic E-state index is 0.140. The number of aromatic nitrogens is 4. The molecule has 0 radical (unpaired) electrons. The van der Waals surface area contributed by atoms with Crippen LogP contribution in [0.5, 0.6) is 0 Å². The molecule has 0 aliphatic carbocycles. The van der Waals surface area contributed by atoms with E-state index in [2.05, 4.69) is 15.5 Å². The molecule has 112 valence electrons. The molecule has 0 bridgehead atoms. The van der Waals surface area contributed by atoms with Crippen LogP contribution in [0.25, 0.3) is 0 Å². The summed E-state index contributed by atoms with van der Waals surface area (Å²) in [6.07, 6.45) is 1.19. The molecule has 1 N–H and O–H groups in total. The summed E-state index contributed by atoms with van der Waals surface area (Å²) in [5.41, 5.74) is 0. The second-order valence-electron chi connectivity index (χ2n) is 4.03. The van der Waals surface area contributed by atoms with E-state index in [0.29, 0.717) is 23.8 Å². The number of tetrazole rings is 1. The molecule has 0 aliphatic heterocycles. The minimum Gasteiger partial charge on any atom is -0.480 e. The molecule has 0 unspecified atom stereocenters. The molecule has 8 nitrogen and oxygen atoms in total. The van der Waals surface area contributed by atoms with Crippen molar-refractivity contribution in [2.75, 3.05) is 18.8 Å². The Balaban J connectivity index is 2.33. The van der Waals surface area contributed by atoms with Gasteiger partial charge in [0.15, 0.2) is 0 Å². The predicted molar refractivity (Wildman–Crippen MR) is 73.3 cm³/mol. The number of carbonyl (C=O) groups excluding carboxylic acids is 1. The predicted octanol–water partition coefficient (Wildman–Crippen LogP) is 0.498. The third kappa shape index (κ3) is 5.16. The Hall–Kier alpha value is -1.64. The quantitative estimate of drug-likeness (QED) is 0.523. The normalized spacial score (nSPS) is 10.5. The highest BCUT2D eigenvalue weighted by molar-refractivity contribution is 7.99. The van der Waals surface area contributed by atoms with E-state index in [0.717, 1.165) is 13.1 Å². The highest BCUT2D eigenvalue weighted by atomic mass is 32.2. The van der Waals surface area contributed by atoms with Crippen LogP contribution in [0.1, 0.15) is 26.7 Å². The summed E-state index contributed by atoms with van der Waals surface area (Å²) in [6.45, 7) is 5.10. The van der Waals surface area contributed by atoms with Crippen molar-refractivity contribution in [1.82, 2.24) is 25.1 Å². The van der Waals surface area contributed by atoms with Gasteiger partial charge in [-0.3, -0.25) is 9.59 Å². The number of hydrogen-bond donors (Lipinski definition) is 1. The first-order valence-electron chi connectivity index (χ1n) is 6.47. The number of carboxylic acids is 1. The van der Waals surface area contributed by atoms with Crippen molar-refractivity contribution in [3.05, 3.63) is 0 Å². The molecule has 9 heteroatoms. The van der Waals surface area contributed by atoms with Gasteiger partial charge in [-0.15, -0.1) is 5.10 Å². The molecule has 0 saturated carbocycles. The first-order valence-corrected chi connectivity index (χ1v) is 7.45. The van der Waals surface area contributed by atoms with E-state index in [4.69, 9.17) is 5.11 Å². The van der Waals surface area contributed by atoms with E-state index in [1.165, 1.54) is 16.4 Å². The molecule has 0 aromatic carbocycles. The van der Waals surface area contributed by atoms with Crippen LogP contribution in [0.2, 0.25) is 0 Å². The molecular weight excluding hydrogens is 282 g/mol. The van der Waals surface area contributed by atoms with Crippen molar-refractivity contribution >= 4 is 23.6 Å². The molecule has 1 aromatic heterocycles. The number of carboxylic acid groups (broad SMARTS) is 1. The summed E-state index contributed by atoms with van der Waals surface area (Å²) in [7, 11) is 0. The van der Waals surface area contributed by atoms with Crippen LogP contribution < -0.4 is 0 Å². The number of rotatable bonds is 9. The number of amides is 1. The molecule has 0 saturated heterocycles. The first-order chi connectivity index (χ1) is 9.58. The number of nitrogens with zero attached hydrogens (tertiary/aromatic N) is 5. The lowest BCUT2D eigenvalue weighted by Gasteiger charge is -2.18. The summed E-state index contributed by atoms with van der Waals surface area (Å²) in [5, 5.41) is 20.0. The summed E-state index contributed by atoms with van der Waals surface area (Å²) < 4.78 is 1.24. The van der Waals surface area contributed by atoms with Crippen molar-refractivity contribution in [2.24, 2.45) is 0 Å². The third-order valence-electron chi connectivity index (χ3n) is 2.67. The molecule has 1 aromatic rings. The number of aliphatic carboxylic acids is 1. The maximum atomic E-state index is 11.8. The molecule has 0 fully saturated rings. The monoisotopic (exact) mass is 301 g/mol. The molecule has 1 amide bonds. The van der Waals surface area contributed by atoms with Crippen LogP contribution in [-0.2, 0) is 16.1 Å². The largest absolute Gasteiger partial charge is 0.480 e. The first kappa shape index (κ1) is 16.4. The highest BCUT2D eigenvalue weighted by Gasteiger charge is 2.11. The van der Waals surface area contributed by atoms with Gasteiger partial charge in [0, 0.05) is 25.3 Å². The summed E-state index contributed by atoms with van der Waals surface area (Å²) in [4.78, 5) is 24.2. The van der Waals surface area contributed by atoms with Crippen LogP contribution in [0.4, 0.5) is 0 Å². The zero-order valence-corrected chi connectivity index (χ0v) is 12.5. The Morgan fingerprint density at radius 3 is 2.65 bits per heavy atom. The maximum absolute atomic E-state index is 11.8. The van der Waals surface area contributed by atoms with E-state index in [1.54, 1.807) is 4.90 Å². The van der Waals surface area contributed by atoms with Gasteiger partial charge >= 0.3 is 5.97 Å². The Labute approximate surface area is 121 Å². The average molecular weight is 301 g/mol. The lowest BCUT2D eigenvalue weighted by molar-refractivity contribution is -0.138. The van der Waals surface area contributed by atoms with Gasteiger partial charge in [0.2, 0.25) is 11.1 Å². The molecule has 0 spiro atoms. The van der Waals surface area contributed by atoms with Gasteiger partial charge in [0.25, 0.3) is 0 Å². The Morgan fingerprint density at radius 2 is 2.05 bits per heavy atom. The van der Waals surface area contributed by atoms with Crippen LogP contribution in [-0.4, -0.2) is 60.9 Å². The van der Waals surface area contributed by atoms with E-state index in [1.807, 2.05) is 13.8 Å². The van der Waals surface area contributed by atoms with Crippen LogP contribution in [0, 0.1) is 0 Å². The number of carbonyl (C=O) groups is 2. The topological polar surface area (TPSA) is 101 Å². The van der Waals surface area contributed by atoms with Crippen molar-refractivity contribution < 1.29 is 14.7 Å². The maximum Gasteiger partial charge on any atom is 0.325 e. The van der Waals surface area contributed by atoms with Gasteiger partial charge < -0.3 is 10.0 Å². The molecule has 20 heavy (non-hydrogen) atoms. The van der Waals surface area contributed by atoms with E-state index < -0.39 is 5.97 Å². The van der Waals surface area contributed by atoms with Gasteiger partial charge in [0.05, 0.1) is 0 Å². The highest BCUT2D eigenvalue weighted by Crippen LogP contribution is 2.15. The Kier molecular flexibility index (Phi) is 6.99. The van der Waals surface area contributed by atoms with Crippen molar-refractivity contribution in [3.8, 4) is 0 Å². The number of thioether (sulfide) groups is 1. The lowest BCUT2D eigenvalue weighted by Crippen LogP contribution is -2.30. The molecule has 1 rings (SSSR count). The van der Waals surface area contributed by atoms with Gasteiger partial charge in [-0.1, -0.05) is 11.8 Å². The van der Waals surface area contributed by atoms with E-state index in [-0.39, 0.29) is 12.5 Å². The third-order valence-corrected chi connectivity index (χ3v) is 3.71. The van der Waals surface area contributed by atoms with Gasteiger partial charge in [0.1, 0.15) is 6.54 Å². The summed E-state index contributed by atoms with van der Waals surface area (Å²) in [5.74, 6) is -0.177. The van der Waals surface area contributed by atoms with Gasteiger partial charge in [-0.05, 0) is 30.7 Å². The smallest absolute Gasteiger partial charge is 0.325 e. The molecule has 0 aliphatic rings. The van der Waals surface area contributed by atoms with E-state index >= 15 is 0 Å². The Morgan fingerprint density at radius 1 is 1.35 bits per heavy atom. The van der Waals surface area contributed by atoms with Gasteiger partial charge in [-0.2, -0.15) is 0 Å². The standard InChI is InChI=1S/C11H19N5O3S/c1-3-15(4-2)9(17)6-5-7-20-11-12-13-14-16(11)8-10(18)19/h3-8H2,1-2H3,(H,18,19). The van der Waals surface area contributed by atoms with Crippen molar-refractivity contribution in [1.29, 1.82) is 0 Å². The summed E-state index contributed by atoms with van der Waals surface area (Å²) in [6, 6.07) is 0. The second-order valence-corrected chi connectivity index (χ2v) is 5.09. The number of hydrogen-bond acceptors (Lipinski definition) is 6.